The molecule has 0 spiro atoms. The zero-order valence-corrected chi connectivity index (χ0v) is 11.8. The van der Waals surface area contributed by atoms with E-state index in [1.807, 2.05) is 38.2 Å². The van der Waals surface area contributed by atoms with E-state index < -0.39 is 0 Å². The van der Waals surface area contributed by atoms with E-state index in [2.05, 4.69) is 10.1 Å². The summed E-state index contributed by atoms with van der Waals surface area (Å²) in [5, 5.41) is 12.8. The maximum atomic E-state index is 8.67. The van der Waals surface area contributed by atoms with Gasteiger partial charge in [0.1, 0.15) is 5.84 Å². The van der Waals surface area contributed by atoms with Gasteiger partial charge in [-0.05, 0) is 30.7 Å². The Morgan fingerprint density at radius 3 is 2.83 bits per heavy atom. The number of nitrogens with zero attached hydrogens (tertiary/aromatic N) is 2. The number of aromatic nitrogens is 1. The summed E-state index contributed by atoms with van der Waals surface area (Å²) in [6, 6.07) is 5.94. The Labute approximate surface area is 113 Å². The largest absolute Gasteiger partial charge is 0.409 e. The second-order valence-electron chi connectivity index (χ2n) is 4.84. The van der Waals surface area contributed by atoms with E-state index in [-0.39, 0.29) is 5.41 Å². The quantitative estimate of drug-likeness (QED) is 0.199. The Hall–Kier alpha value is -1.23. The van der Waals surface area contributed by atoms with Gasteiger partial charge in [-0.15, -0.1) is 11.8 Å². The normalized spacial score (nSPS) is 12.7. The zero-order valence-electron chi connectivity index (χ0n) is 11.0. The molecule has 0 radical (unpaired) electrons. The highest BCUT2D eigenvalue weighted by Gasteiger charge is 2.22. The number of pyridine rings is 1. The lowest BCUT2D eigenvalue weighted by atomic mass is 9.86. The second kappa shape index (κ2) is 7.26. The first-order valence-electron chi connectivity index (χ1n) is 6.08. The monoisotopic (exact) mass is 267 g/mol. The second-order valence-corrected chi connectivity index (χ2v) is 5.96. The average molecular weight is 267 g/mol. The fraction of sp³-hybridized carbons (Fsp3) is 0.538. The van der Waals surface area contributed by atoms with E-state index in [1.54, 1.807) is 11.8 Å². The van der Waals surface area contributed by atoms with Crippen LogP contribution < -0.4 is 5.73 Å². The van der Waals surface area contributed by atoms with Gasteiger partial charge in [-0.1, -0.05) is 31.5 Å². The average Bonchev–Trinajstić information content (AvgIpc) is 2.38. The summed E-state index contributed by atoms with van der Waals surface area (Å²) >= 11 is 1.76. The summed E-state index contributed by atoms with van der Waals surface area (Å²) in [5.41, 5.74) is 5.41. The first-order chi connectivity index (χ1) is 8.56. The Balaban J connectivity index is 2.20. The van der Waals surface area contributed by atoms with Crippen LogP contribution in [0.25, 0.3) is 0 Å². The molecule has 1 aromatic rings. The van der Waals surface area contributed by atoms with E-state index in [0.717, 1.165) is 30.0 Å². The van der Waals surface area contributed by atoms with Crippen LogP contribution in [-0.2, 0) is 0 Å². The number of rotatable bonds is 7. The van der Waals surface area contributed by atoms with Crippen LogP contribution in [0.3, 0.4) is 0 Å². The van der Waals surface area contributed by atoms with Crippen molar-refractivity contribution in [1.82, 2.24) is 4.98 Å². The molecule has 4 nitrogen and oxygen atoms in total. The highest BCUT2D eigenvalue weighted by molar-refractivity contribution is 7.99. The summed E-state index contributed by atoms with van der Waals surface area (Å²) in [4.78, 5) is 4.26. The summed E-state index contributed by atoms with van der Waals surface area (Å²) < 4.78 is 0. The molecule has 0 aliphatic heterocycles. The molecule has 0 fully saturated rings. The maximum absolute atomic E-state index is 8.67. The predicted molar refractivity (Wildman–Crippen MR) is 76.0 cm³/mol. The molecular formula is C13H21N3OS. The van der Waals surface area contributed by atoms with Crippen LogP contribution in [0.5, 0.6) is 0 Å². The molecule has 0 amide bonds. The van der Waals surface area contributed by atoms with Crippen molar-refractivity contribution in [2.24, 2.45) is 16.3 Å². The van der Waals surface area contributed by atoms with Crippen molar-refractivity contribution in [2.45, 2.75) is 38.1 Å². The van der Waals surface area contributed by atoms with Gasteiger partial charge in [-0.2, -0.15) is 0 Å². The van der Waals surface area contributed by atoms with Gasteiger partial charge in [0.05, 0.1) is 5.03 Å². The topological polar surface area (TPSA) is 71.5 Å². The number of oxime groups is 1. The Bertz CT molecular complexity index is 379. The van der Waals surface area contributed by atoms with E-state index in [9.17, 15) is 0 Å². The molecule has 0 bridgehead atoms. The molecule has 0 saturated carbocycles. The Morgan fingerprint density at radius 1 is 1.44 bits per heavy atom. The maximum Gasteiger partial charge on any atom is 0.144 e. The van der Waals surface area contributed by atoms with Crippen molar-refractivity contribution in [1.29, 1.82) is 0 Å². The molecule has 0 aliphatic carbocycles. The van der Waals surface area contributed by atoms with Gasteiger partial charge in [0.25, 0.3) is 0 Å². The molecule has 1 rings (SSSR count). The number of hydrogen-bond donors (Lipinski definition) is 2. The van der Waals surface area contributed by atoms with Gasteiger partial charge in [0.15, 0.2) is 0 Å². The van der Waals surface area contributed by atoms with E-state index >= 15 is 0 Å². The fourth-order valence-electron chi connectivity index (χ4n) is 1.54. The van der Waals surface area contributed by atoms with Gasteiger partial charge < -0.3 is 10.9 Å². The first-order valence-corrected chi connectivity index (χ1v) is 7.06. The van der Waals surface area contributed by atoms with Crippen LogP contribution in [0, 0.1) is 5.41 Å². The van der Waals surface area contributed by atoms with Crippen LogP contribution in [0.4, 0.5) is 0 Å². The van der Waals surface area contributed by atoms with Crippen LogP contribution in [0.15, 0.2) is 34.6 Å². The molecular weight excluding hydrogens is 246 g/mol. The summed E-state index contributed by atoms with van der Waals surface area (Å²) in [5.74, 6) is 1.35. The third kappa shape index (κ3) is 4.96. The molecule has 0 aromatic carbocycles. The molecule has 1 heterocycles. The smallest absolute Gasteiger partial charge is 0.144 e. The number of nitrogens with two attached hydrogens (primary N) is 1. The molecule has 0 atom stereocenters. The predicted octanol–water partition coefficient (Wildman–Crippen LogP) is 3.12. The minimum absolute atomic E-state index is 0.232. The first kappa shape index (κ1) is 14.8. The number of unbranched alkanes of at least 4 members (excludes halogenated alkanes) is 1. The molecule has 5 heteroatoms. The molecule has 1 aromatic heterocycles. The minimum Gasteiger partial charge on any atom is -0.409 e. The molecule has 0 aliphatic rings. The standard InChI is InChI=1S/C13H21N3OS/c1-13(2,12(14)16-17)8-4-6-10-18-11-7-3-5-9-15-11/h3,5,7,9,17H,4,6,8,10H2,1-2H3,(H2,14,16). The highest BCUT2D eigenvalue weighted by Crippen LogP contribution is 2.24. The lowest BCUT2D eigenvalue weighted by Gasteiger charge is -2.22. The summed E-state index contributed by atoms with van der Waals surface area (Å²) in [6.07, 6.45) is 4.89. The van der Waals surface area contributed by atoms with Crippen LogP contribution in [-0.4, -0.2) is 21.8 Å². The number of amidine groups is 1. The van der Waals surface area contributed by atoms with Crippen molar-refractivity contribution in [3.05, 3.63) is 24.4 Å². The summed E-state index contributed by atoms with van der Waals surface area (Å²) in [6.45, 7) is 3.99. The van der Waals surface area contributed by atoms with Crippen LogP contribution in [0.1, 0.15) is 33.1 Å². The lowest BCUT2D eigenvalue weighted by molar-refractivity contribution is 0.304. The molecule has 3 N–H and O–H groups in total. The lowest BCUT2D eigenvalue weighted by Crippen LogP contribution is -2.31. The summed E-state index contributed by atoms with van der Waals surface area (Å²) in [7, 11) is 0. The third-order valence-electron chi connectivity index (χ3n) is 2.88. The van der Waals surface area contributed by atoms with Crippen molar-refractivity contribution in [3.8, 4) is 0 Å². The van der Waals surface area contributed by atoms with Gasteiger partial charge in [-0.25, -0.2) is 4.98 Å². The molecule has 100 valence electrons. The molecule has 18 heavy (non-hydrogen) atoms. The van der Waals surface area contributed by atoms with Crippen molar-refractivity contribution in [3.63, 3.8) is 0 Å². The molecule has 0 saturated heterocycles. The Morgan fingerprint density at radius 2 is 2.22 bits per heavy atom. The fourth-order valence-corrected chi connectivity index (χ4v) is 2.41. The minimum atomic E-state index is -0.232. The van der Waals surface area contributed by atoms with Crippen molar-refractivity contribution < 1.29 is 5.21 Å². The van der Waals surface area contributed by atoms with E-state index in [4.69, 9.17) is 10.9 Å². The molecule has 0 unspecified atom stereocenters. The zero-order chi connectivity index (χ0) is 13.4. The van der Waals surface area contributed by atoms with E-state index in [0.29, 0.717) is 5.84 Å². The van der Waals surface area contributed by atoms with Gasteiger partial charge >= 0.3 is 0 Å². The number of hydrogen-bond acceptors (Lipinski definition) is 4. The van der Waals surface area contributed by atoms with Gasteiger partial charge in [-0.3, -0.25) is 0 Å². The van der Waals surface area contributed by atoms with Crippen LogP contribution in [0.2, 0.25) is 0 Å². The highest BCUT2D eigenvalue weighted by atomic mass is 32.2. The van der Waals surface area contributed by atoms with Crippen molar-refractivity contribution >= 4 is 17.6 Å². The Kier molecular flexibility index (Phi) is 5.98. The SMILES string of the molecule is CC(C)(CCCCSc1ccccn1)/C(N)=N/O. The van der Waals surface area contributed by atoms with Gasteiger partial charge in [0, 0.05) is 11.6 Å². The number of thioether (sulfide) groups is 1. The van der Waals surface area contributed by atoms with Crippen LogP contribution >= 0.6 is 11.8 Å². The van der Waals surface area contributed by atoms with Crippen molar-refractivity contribution in [2.75, 3.05) is 5.75 Å². The third-order valence-corrected chi connectivity index (χ3v) is 3.92. The van der Waals surface area contributed by atoms with E-state index in [1.165, 1.54) is 0 Å². The van der Waals surface area contributed by atoms with Gasteiger partial charge in [0.2, 0.25) is 0 Å².